The molecule has 1 amide bonds. The molecule has 0 radical (unpaired) electrons. The number of alkyl halides is 3. The van der Waals surface area contributed by atoms with Crippen LogP contribution in [0.5, 0.6) is 5.88 Å². The summed E-state index contributed by atoms with van der Waals surface area (Å²) < 4.78 is 76.4. The molecule has 1 aromatic carbocycles. The van der Waals surface area contributed by atoms with Crippen LogP contribution in [0.25, 0.3) is 5.82 Å². The van der Waals surface area contributed by atoms with Crippen molar-refractivity contribution < 1.29 is 31.1 Å². The molecule has 1 aliphatic heterocycles. The van der Waals surface area contributed by atoms with E-state index in [9.17, 15) is 26.4 Å². The Morgan fingerprint density at radius 2 is 1.82 bits per heavy atom. The summed E-state index contributed by atoms with van der Waals surface area (Å²) >= 11 is -2.35. The summed E-state index contributed by atoms with van der Waals surface area (Å²) in [5.41, 5.74) is -2.40. The van der Waals surface area contributed by atoms with E-state index in [0.29, 0.717) is 6.54 Å². The monoisotopic (exact) mass is 697 g/mol. The van der Waals surface area contributed by atoms with Crippen LogP contribution in [0.1, 0.15) is 51.4 Å². The van der Waals surface area contributed by atoms with E-state index in [1.165, 1.54) is 35.1 Å². The average Bonchev–Trinajstić information content (AvgIpc) is 3.48. The van der Waals surface area contributed by atoms with E-state index in [1.807, 2.05) is 24.8 Å². The van der Waals surface area contributed by atoms with Gasteiger partial charge in [0.1, 0.15) is 6.61 Å². The number of rotatable bonds is 9. The molecular weight excluding hydrogens is 656 g/mol. The summed E-state index contributed by atoms with van der Waals surface area (Å²) in [6.07, 6.45) is -2.14. The maximum absolute atomic E-state index is 13.6. The first-order chi connectivity index (χ1) is 20.1. The molecule has 1 aliphatic rings. The van der Waals surface area contributed by atoms with Gasteiger partial charge in [-0.25, -0.2) is 0 Å². The summed E-state index contributed by atoms with van der Waals surface area (Å²) in [5, 5.41) is 4.24. The van der Waals surface area contributed by atoms with Crippen LogP contribution < -0.4 is 18.8 Å². The van der Waals surface area contributed by atoms with E-state index in [2.05, 4.69) is 34.0 Å². The first kappa shape index (κ1) is 33.8. The number of carbonyl (C=O) groups is 1. The third-order valence-corrected chi connectivity index (χ3v) is 13.4. The number of ether oxygens (including phenoxy) is 1. The number of pyridine rings is 1. The van der Waals surface area contributed by atoms with E-state index < -0.39 is 52.9 Å². The van der Waals surface area contributed by atoms with Crippen LogP contribution in [0.3, 0.4) is 0 Å². The van der Waals surface area contributed by atoms with Gasteiger partial charge < -0.3 is 4.74 Å². The van der Waals surface area contributed by atoms with Crippen LogP contribution in [0.15, 0.2) is 53.6 Å². The fraction of sp³-hybridized carbons (Fsp3) is 0.500. The quantitative estimate of drug-likeness (QED) is 0.294. The van der Waals surface area contributed by atoms with Crippen molar-refractivity contribution in [2.75, 3.05) is 18.1 Å². The van der Waals surface area contributed by atoms with Gasteiger partial charge in [0.2, 0.25) is 5.88 Å². The second kappa shape index (κ2) is 11.7. The van der Waals surface area contributed by atoms with Crippen molar-refractivity contribution in [2.24, 2.45) is 11.3 Å². The van der Waals surface area contributed by atoms with Gasteiger partial charge in [-0.05, 0) is 13.8 Å². The molecule has 0 bridgehead atoms. The molecule has 3 heterocycles. The number of aromatic nitrogens is 3. The Hall–Kier alpha value is -3.07. The molecule has 1 atom stereocenters. The molecule has 0 unspecified atom stereocenters. The zero-order valence-corrected chi connectivity index (χ0v) is 29.2. The summed E-state index contributed by atoms with van der Waals surface area (Å²) in [6.45, 7) is 8.18. The van der Waals surface area contributed by atoms with Crippen molar-refractivity contribution in [3.8, 4) is 11.7 Å². The van der Waals surface area contributed by atoms with Gasteiger partial charge in [0.25, 0.3) is 0 Å². The second-order valence-electron chi connectivity index (χ2n) is 13.8. The van der Waals surface area contributed by atoms with E-state index in [1.54, 1.807) is 12.1 Å². The Morgan fingerprint density at radius 3 is 2.41 bits per heavy atom. The van der Waals surface area contributed by atoms with Gasteiger partial charge in [-0.1, -0.05) is 0 Å². The predicted molar refractivity (Wildman–Crippen MR) is 166 cm³/mol. The fourth-order valence-corrected chi connectivity index (χ4v) is 8.84. The van der Waals surface area contributed by atoms with Crippen LogP contribution in [0.2, 0.25) is 17.3 Å². The summed E-state index contributed by atoms with van der Waals surface area (Å²) in [5.74, 6) is 6.46. The summed E-state index contributed by atoms with van der Waals surface area (Å²) in [7, 11) is -4.19. The van der Waals surface area contributed by atoms with Crippen LogP contribution in [0.4, 0.5) is 19.0 Å². The molecule has 2 aromatic heterocycles. The van der Waals surface area contributed by atoms with Crippen molar-refractivity contribution in [3.63, 3.8) is 0 Å². The Kier molecular flexibility index (Phi) is 8.99. The van der Waals surface area contributed by atoms with E-state index >= 15 is 0 Å². The Morgan fingerprint density at radius 1 is 1.14 bits per heavy atom. The number of anilines is 1. The Labute approximate surface area is 259 Å². The number of carbonyl (C=O) groups excluding carboxylic acids is 1. The van der Waals surface area contributed by atoms with Gasteiger partial charge in [0, 0.05) is 6.07 Å². The summed E-state index contributed by atoms with van der Waals surface area (Å²) in [4.78, 5) is 20.3. The molecule has 3 aromatic rings. The van der Waals surface area contributed by atoms with E-state index in [0.717, 1.165) is 24.7 Å². The molecule has 0 aliphatic carbocycles. The van der Waals surface area contributed by atoms with Gasteiger partial charge in [0.15, 0.2) is 0 Å². The molecule has 14 heteroatoms. The number of amides is 1. The molecule has 4 rings (SSSR count). The molecule has 1 fully saturated rings. The number of nitrogens with one attached hydrogen (secondary N) is 1. The third kappa shape index (κ3) is 7.25. The Balaban J connectivity index is 1.68. The van der Waals surface area contributed by atoms with Crippen molar-refractivity contribution in [1.82, 2.24) is 19.5 Å². The average molecular weight is 696 g/mol. The molecule has 1 saturated heterocycles. The van der Waals surface area contributed by atoms with Crippen molar-refractivity contribution in [3.05, 3.63) is 54.2 Å². The molecule has 0 spiro atoms. The predicted octanol–water partition coefficient (Wildman–Crippen LogP) is 5.52. The zero-order chi connectivity index (χ0) is 32.9. The molecule has 0 saturated carbocycles. The van der Waals surface area contributed by atoms with Gasteiger partial charge in [0.05, 0.1) is 5.41 Å². The second-order valence-corrected chi connectivity index (χ2v) is 26.1. The number of halogens is 3. The molecule has 9 nitrogen and oxygen atoms in total. The number of benzene rings is 1. The van der Waals surface area contributed by atoms with Gasteiger partial charge in [-0.15, -0.1) is 0 Å². The number of sulfonamides is 1. The number of nitrogens with zero attached hydrogens (tertiary/aromatic N) is 4. The molecule has 44 heavy (non-hydrogen) atoms. The zero-order valence-electron chi connectivity index (χ0n) is 26.3. The minimum absolute atomic E-state index is 0.0166. The van der Waals surface area contributed by atoms with Crippen LogP contribution in [-0.2, 0) is 10.0 Å². The Bertz CT molecular complexity index is 1650. The maximum atomic E-state index is 13.6. The van der Waals surface area contributed by atoms with E-state index in [4.69, 9.17) is 9.72 Å². The first-order valence-corrected chi connectivity index (χ1v) is 23.2. The van der Waals surface area contributed by atoms with Crippen molar-refractivity contribution in [2.45, 2.75) is 74.9 Å². The summed E-state index contributed by atoms with van der Waals surface area (Å²) in [6, 6.07) is 11.1. The van der Waals surface area contributed by atoms with Gasteiger partial charge >= 0.3 is 205 Å². The topological polar surface area (TPSA) is 106 Å². The van der Waals surface area contributed by atoms with Crippen LogP contribution in [-0.4, -0.2) is 67.2 Å². The van der Waals surface area contributed by atoms with Gasteiger partial charge in [-0.2, -0.15) is 13.2 Å². The minimum atomic E-state index is -4.45. The van der Waals surface area contributed by atoms with Crippen molar-refractivity contribution in [1.29, 1.82) is 0 Å². The molecular formula is C30H40F3GeN5O4S. The molecule has 240 valence electrons. The number of hydrogen-bond donors (Lipinski definition) is 1. The standard InChI is InChI=1S/C30H40F3GeN5O4S/c1-20-17-29(4,5)38(18-20)26-23(27(40)37-44(41,42)22-11-9-10-21(16-22)34(6,7)8)12-13-24(35-26)39-15-14-25(36-39)43-19-28(2,3)30(31,32)33/h9-16,20H,17-19H2,1-8H3,(H,37,40)/t20-/m0/s1. The number of hydrogen-bond acceptors (Lipinski definition) is 7. The van der Waals surface area contributed by atoms with Crippen molar-refractivity contribution >= 4 is 39.4 Å². The SMILES string of the molecule is C[C@@H]1CN(c2nc(-n3ccc(OCC(C)(C)C(F)(F)F)n3)ccc2C(=O)NS(=O)(=O)c2ccc[c]([Ge]([CH3])([CH3])[CH3])c2)C(C)(C)C1. The van der Waals surface area contributed by atoms with E-state index in [-0.39, 0.29) is 33.9 Å². The first-order valence-electron chi connectivity index (χ1n) is 14.3. The van der Waals surface area contributed by atoms with Crippen LogP contribution >= 0.6 is 0 Å². The third-order valence-electron chi connectivity index (χ3n) is 7.82. The van der Waals surface area contributed by atoms with Crippen LogP contribution in [0, 0.1) is 11.3 Å². The van der Waals surface area contributed by atoms with Gasteiger partial charge in [-0.3, -0.25) is 0 Å². The molecule has 1 N–H and O–H groups in total. The normalized spacial score (nSPS) is 17.5. The fourth-order valence-electron chi connectivity index (χ4n) is 5.12.